The highest BCUT2D eigenvalue weighted by Gasteiger charge is 2.37. The minimum absolute atomic E-state index is 0.211. The zero-order valence-corrected chi connectivity index (χ0v) is 17.8. The molecule has 1 aromatic carbocycles. The average molecular weight is 440 g/mol. The lowest BCUT2D eigenvalue weighted by Gasteiger charge is -2.26. The van der Waals surface area contributed by atoms with Crippen molar-refractivity contribution < 1.29 is 13.6 Å². The Hall–Kier alpha value is -1.50. The number of hydrogen-bond acceptors (Lipinski definition) is 6. The summed E-state index contributed by atoms with van der Waals surface area (Å²) in [7, 11) is -3.58. The Labute approximate surface area is 163 Å². The van der Waals surface area contributed by atoms with Gasteiger partial charge in [0, 0.05) is 16.1 Å². The van der Waals surface area contributed by atoms with E-state index in [-0.39, 0.29) is 13.2 Å². The van der Waals surface area contributed by atoms with Crippen molar-refractivity contribution in [2.24, 2.45) is 16.3 Å². The van der Waals surface area contributed by atoms with Crippen molar-refractivity contribution in [3.05, 3.63) is 34.3 Å². The first-order valence-corrected chi connectivity index (χ1v) is 10.6. The molecule has 0 spiro atoms. The van der Waals surface area contributed by atoms with Crippen LogP contribution in [-0.4, -0.2) is 19.4 Å². The molecule has 0 aromatic heterocycles. The van der Waals surface area contributed by atoms with Gasteiger partial charge in [0.15, 0.2) is 5.78 Å². The maximum absolute atomic E-state index is 13.3. The van der Waals surface area contributed by atoms with Gasteiger partial charge in [0.2, 0.25) is 0 Å². The lowest BCUT2D eigenvalue weighted by molar-refractivity contribution is 0.212. The van der Waals surface area contributed by atoms with E-state index >= 15 is 0 Å². The largest absolute Gasteiger partial charge is 0.359 e. The molecule has 26 heavy (non-hydrogen) atoms. The third kappa shape index (κ3) is 5.76. The zero-order chi connectivity index (χ0) is 19.8. The van der Waals surface area contributed by atoms with E-state index in [1.165, 1.54) is 6.21 Å². The molecule has 8 heteroatoms. The molecule has 0 aliphatic carbocycles. The third-order valence-corrected chi connectivity index (χ3v) is 6.43. The lowest BCUT2D eigenvalue weighted by atomic mass is 9.82. The highest BCUT2D eigenvalue weighted by Crippen LogP contribution is 2.61. The Kier molecular flexibility index (Phi) is 8.67. The minimum atomic E-state index is -3.58. The fourth-order valence-electron chi connectivity index (χ4n) is 2.22. The lowest BCUT2D eigenvalue weighted by Crippen LogP contribution is -2.23. The van der Waals surface area contributed by atoms with Gasteiger partial charge < -0.3 is 9.05 Å². The third-order valence-electron chi connectivity index (χ3n) is 3.64. The summed E-state index contributed by atoms with van der Waals surface area (Å²) in [5, 5.41) is 18.3. The van der Waals surface area contributed by atoms with E-state index in [4.69, 9.17) is 19.6 Å². The molecule has 0 amide bonds. The van der Waals surface area contributed by atoms with Gasteiger partial charge >= 0.3 is 7.60 Å². The molecule has 0 heterocycles. The Morgan fingerprint density at radius 3 is 2.12 bits per heavy atom. The van der Waals surface area contributed by atoms with Crippen molar-refractivity contribution in [3.8, 4) is 12.1 Å². The average Bonchev–Trinajstić information content (AvgIpc) is 2.57. The van der Waals surface area contributed by atoms with E-state index < -0.39 is 24.7 Å². The van der Waals surface area contributed by atoms with Crippen LogP contribution in [-0.2, 0) is 13.6 Å². The predicted octanol–water partition coefficient (Wildman–Crippen LogP) is 5.47. The molecule has 1 atom stereocenters. The highest BCUT2D eigenvalue weighted by atomic mass is 79.9. The first-order chi connectivity index (χ1) is 12.2. The smallest absolute Gasteiger partial charge is 0.307 e. The molecule has 0 N–H and O–H groups in total. The molecule has 0 saturated carbocycles. The van der Waals surface area contributed by atoms with Crippen LogP contribution in [0.25, 0.3) is 0 Å². The number of hydrogen-bond donors (Lipinski definition) is 0. The minimum Gasteiger partial charge on any atom is -0.307 e. The van der Waals surface area contributed by atoms with Crippen LogP contribution < -0.4 is 0 Å². The Balaban J connectivity index is 3.39. The number of benzene rings is 1. The van der Waals surface area contributed by atoms with Gasteiger partial charge in [-0.25, -0.2) is 0 Å². The number of halogens is 1. The van der Waals surface area contributed by atoms with E-state index in [9.17, 15) is 4.57 Å². The van der Waals surface area contributed by atoms with Crippen LogP contribution in [0, 0.1) is 34.0 Å². The van der Waals surface area contributed by atoms with E-state index in [1.54, 1.807) is 39.8 Å². The monoisotopic (exact) mass is 439 g/mol. The molecular weight excluding hydrogens is 417 g/mol. The maximum atomic E-state index is 13.3. The molecule has 1 aromatic rings. The van der Waals surface area contributed by atoms with Crippen LogP contribution in [0.4, 0.5) is 0 Å². The fraction of sp³-hybridized carbons (Fsp3) is 0.500. The van der Waals surface area contributed by atoms with Crippen LogP contribution in [0.2, 0.25) is 0 Å². The van der Waals surface area contributed by atoms with E-state index in [2.05, 4.69) is 20.9 Å². The molecule has 1 rings (SSSR count). The highest BCUT2D eigenvalue weighted by molar-refractivity contribution is 9.10. The molecule has 0 bridgehead atoms. The van der Waals surface area contributed by atoms with Crippen LogP contribution in [0.3, 0.4) is 0 Å². The molecule has 0 fully saturated rings. The first kappa shape index (κ1) is 22.5. The van der Waals surface area contributed by atoms with Crippen LogP contribution >= 0.6 is 23.5 Å². The first-order valence-electron chi connectivity index (χ1n) is 8.21. The summed E-state index contributed by atoms with van der Waals surface area (Å²) in [6.45, 7) is 7.36. The van der Waals surface area contributed by atoms with Crippen molar-refractivity contribution >= 4 is 29.7 Å². The molecule has 6 nitrogen and oxygen atoms in total. The number of aliphatic imine (C=N–C) groups is 1. The predicted molar refractivity (Wildman–Crippen MR) is 105 cm³/mol. The fourth-order valence-corrected chi connectivity index (χ4v) is 4.33. The summed E-state index contributed by atoms with van der Waals surface area (Å²) in [5.74, 6) is -1.76. The molecule has 0 radical (unpaired) electrons. The quantitative estimate of drug-likeness (QED) is 0.375. The molecule has 0 saturated heterocycles. The van der Waals surface area contributed by atoms with Crippen LogP contribution in [0.15, 0.2) is 33.7 Å². The van der Waals surface area contributed by atoms with Gasteiger partial charge in [-0.2, -0.15) is 10.5 Å². The van der Waals surface area contributed by atoms with Gasteiger partial charge in [-0.3, -0.25) is 9.56 Å². The second-order valence-corrected chi connectivity index (χ2v) is 9.09. The van der Waals surface area contributed by atoms with Gasteiger partial charge in [0.05, 0.1) is 25.4 Å². The van der Waals surface area contributed by atoms with E-state index in [0.29, 0.717) is 5.56 Å². The molecule has 1 unspecified atom stereocenters. The van der Waals surface area contributed by atoms with E-state index in [1.807, 2.05) is 24.3 Å². The van der Waals surface area contributed by atoms with E-state index in [0.717, 1.165) is 4.47 Å². The zero-order valence-electron chi connectivity index (χ0n) is 15.3. The van der Waals surface area contributed by atoms with Crippen molar-refractivity contribution in [1.82, 2.24) is 0 Å². The van der Waals surface area contributed by atoms with Crippen LogP contribution in [0.1, 0.15) is 39.0 Å². The molecule has 140 valence electrons. The summed E-state index contributed by atoms with van der Waals surface area (Å²) >= 11 is 3.37. The molecular formula is C18H23BrN3O3P. The Bertz CT molecular complexity index is 726. The summed E-state index contributed by atoms with van der Waals surface area (Å²) in [5.41, 5.74) is -0.156. The Morgan fingerprint density at radius 2 is 1.69 bits per heavy atom. The topological polar surface area (TPSA) is 95.5 Å². The molecule has 0 aliphatic rings. The number of nitriles is 2. The maximum Gasteiger partial charge on any atom is 0.359 e. The number of nitrogens with zero attached hydrogens (tertiary/aromatic N) is 3. The van der Waals surface area contributed by atoms with Crippen molar-refractivity contribution in [2.45, 2.75) is 33.5 Å². The van der Waals surface area contributed by atoms with Gasteiger partial charge in [0.1, 0.15) is 5.92 Å². The Morgan fingerprint density at radius 1 is 1.19 bits per heavy atom. The summed E-state index contributed by atoms with van der Waals surface area (Å²) in [6.07, 6.45) is 1.50. The van der Waals surface area contributed by atoms with Gasteiger partial charge in [0.25, 0.3) is 0 Å². The second kappa shape index (κ2) is 10.00. The van der Waals surface area contributed by atoms with Gasteiger partial charge in [-0.15, -0.1) is 0 Å². The summed E-state index contributed by atoms with van der Waals surface area (Å²) in [4.78, 5) is 4.47. The SMILES string of the molecule is CCOP(=O)(OCC)C(/N=C/C(C)(C)C(C#N)C#N)c1ccc(Br)cc1. The molecule has 0 aliphatic heterocycles. The van der Waals surface area contributed by atoms with Crippen LogP contribution in [0.5, 0.6) is 0 Å². The summed E-state index contributed by atoms with van der Waals surface area (Å²) in [6, 6.07) is 11.1. The summed E-state index contributed by atoms with van der Waals surface area (Å²) < 4.78 is 25.1. The normalized spacial score (nSPS) is 13.5. The second-order valence-electron chi connectivity index (χ2n) is 6.09. The van der Waals surface area contributed by atoms with Gasteiger partial charge in [-0.1, -0.05) is 41.9 Å². The van der Waals surface area contributed by atoms with Crippen molar-refractivity contribution in [1.29, 1.82) is 10.5 Å². The van der Waals surface area contributed by atoms with Crippen molar-refractivity contribution in [2.75, 3.05) is 13.2 Å². The standard InChI is InChI=1S/C18H23BrN3O3P/c1-5-24-26(23,25-6-2)17(14-7-9-16(19)10-8-14)22-13-18(3,4)15(11-20)12-21/h7-10,13,15,17H,5-6H2,1-4H3/b22-13+. The van der Waals surface area contributed by atoms with Gasteiger partial charge in [-0.05, 0) is 31.5 Å². The van der Waals surface area contributed by atoms with Crippen molar-refractivity contribution in [3.63, 3.8) is 0 Å². The number of rotatable bonds is 9.